The predicted molar refractivity (Wildman–Crippen MR) is 116 cm³/mol. The van der Waals surface area contributed by atoms with Crippen molar-refractivity contribution in [1.29, 1.82) is 0 Å². The molecule has 0 fully saturated rings. The second kappa shape index (κ2) is 6.83. The molecule has 1 N–H and O–H groups in total. The minimum atomic E-state index is -1.11. The first kappa shape index (κ1) is 18.6. The number of aryl methyl sites for hydroxylation is 1. The summed E-state index contributed by atoms with van der Waals surface area (Å²) in [7, 11) is 0. The molecule has 5 rings (SSSR count). The van der Waals surface area contributed by atoms with Crippen LogP contribution in [0.5, 0.6) is 0 Å². The third kappa shape index (κ3) is 2.99. The molecule has 0 spiro atoms. The van der Waals surface area contributed by atoms with Crippen LogP contribution in [-0.2, 0) is 0 Å². The second-order valence-electron chi connectivity index (χ2n) is 6.88. The number of hydrogen-bond donors (Lipinski definition) is 1. The molecule has 5 aromatic rings. The fourth-order valence-corrected chi connectivity index (χ4v) is 4.53. The maximum atomic E-state index is 12.9. The first-order chi connectivity index (χ1) is 14.4. The lowest BCUT2D eigenvalue weighted by molar-refractivity contribution is 0.0697. The lowest BCUT2D eigenvalue weighted by Crippen LogP contribution is -2.22. The summed E-state index contributed by atoms with van der Waals surface area (Å²) < 4.78 is 7.75. The van der Waals surface area contributed by atoms with Crippen LogP contribution in [0.4, 0.5) is 0 Å². The molecule has 8 heteroatoms. The standard InChI is InChI=1S/C22H13ClN2O4S/c1-11-2-5-16-17(6-11)25-20(26)19(30-22(25)24-16)8-12-7-18(29-10-12)13-3-4-15(23)14(9-13)21(27)28/h2-10H,1H3,(H,27,28). The Hall–Kier alpha value is -3.42. The number of fused-ring (bicyclic) bond motifs is 3. The highest BCUT2D eigenvalue weighted by atomic mass is 35.5. The van der Waals surface area contributed by atoms with Gasteiger partial charge < -0.3 is 9.52 Å². The van der Waals surface area contributed by atoms with E-state index < -0.39 is 5.97 Å². The first-order valence-corrected chi connectivity index (χ1v) is 10.2. The van der Waals surface area contributed by atoms with Gasteiger partial charge in [-0.3, -0.25) is 4.79 Å². The summed E-state index contributed by atoms with van der Waals surface area (Å²) in [5.41, 5.74) is 3.79. The molecule has 30 heavy (non-hydrogen) atoms. The van der Waals surface area contributed by atoms with Crippen LogP contribution >= 0.6 is 22.9 Å². The average molecular weight is 437 g/mol. The minimum absolute atomic E-state index is 0.000377. The van der Waals surface area contributed by atoms with Gasteiger partial charge in [-0.15, -0.1) is 0 Å². The number of hydrogen-bond acceptors (Lipinski definition) is 5. The van der Waals surface area contributed by atoms with E-state index in [0.717, 1.165) is 16.6 Å². The average Bonchev–Trinajstić information content (AvgIpc) is 3.38. The summed E-state index contributed by atoms with van der Waals surface area (Å²) in [6.45, 7) is 1.97. The van der Waals surface area contributed by atoms with E-state index in [-0.39, 0.29) is 16.1 Å². The van der Waals surface area contributed by atoms with Crippen molar-refractivity contribution in [2.24, 2.45) is 0 Å². The second-order valence-corrected chi connectivity index (χ2v) is 8.30. The molecular weight excluding hydrogens is 424 g/mol. The van der Waals surface area contributed by atoms with E-state index in [1.54, 1.807) is 22.6 Å². The number of carbonyl (C=O) groups is 1. The number of aromatic carboxylic acids is 1. The van der Waals surface area contributed by atoms with Crippen molar-refractivity contribution in [3.05, 3.63) is 85.3 Å². The van der Waals surface area contributed by atoms with Gasteiger partial charge in [0.25, 0.3) is 5.56 Å². The zero-order valence-corrected chi connectivity index (χ0v) is 17.1. The zero-order valence-electron chi connectivity index (χ0n) is 15.5. The first-order valence-electron chi connectivity index (χ1n) is 8.96. The van der Waals surface area contributed by atoms with Crippen LogP contribution in [0, 0.1) is 6.92 Å². The maximum Gasteiger partial charge on any atom is 0.337 e. The van der Waals surface area contributed by atoms with Gasteiger partial charge in [-0.25, -0.2) is 14.2 Å². The summed E-state index contributed by atoms with van der Waals surface area (Å²) in [5.74, 6) is -0.629. The third-order valence-electron chi connectivity index (χ3n) is 4.79. The van der Waals surface area contributed by atoms with Crippen LogP contribution in [0.2, 0.25) is 5.02 Å². The van der Waals surface area contributed by atoms with E-state index in [4.69, 9.17) is 16.0 Å². The molecule has 2 aromatic carbocycles. The molecule has 0 atom stereocenters. The number of aromatic nitrogens is 2. The van der Waals surface area contributed by atoms with Crippen molar-refractivity contribution in [3.8, 4) is 11.3 Å². The highest BCUT2D eigenvalue weighted by Crippen LogP contribution is 2.27. The number of benzene rings is 2. The van der Waals surface area contributed by atoms with Crippen molar-refractivity contribution >= 4 is 51.0 Å². The van der Waals surface area contributed by atoms with Gasteiger partial charge in [0.05, 0.1) is 32.4 Å². The number of nitrogens with zero attached hydrogens (tertiary/aromatic N) is 2. The molecule has 0 aliphatic heterocycles. The van der Waals surface area contributed by atoms with Gasteiger partial charge >= 0.3 is 5.97 Å². The number of halogens is 1. The molecule has 3 aromatic heterocycles. The molecule has 0 aliphatic rings. The Balaban J connectivity index is 1.59. The number of carboxylic acids is 1. The van der Waals surface area contributed by atoms with Crippen molar-refractivity contribution < 1.29 is 14.3 Å². The van der Waals surface area contributed by atoms with E-state index in [1.807, 2.05) is 25.1 Å². The number of carboxylic acid groups (broad SMARTS) is 1. The lowest BCUT2D eigenvalue weighted by atomic mass is 10.1. The van der Waals surface area contributed by atoms with Crippen molar-refractivity contribution in [2.45, 2.75) is 6.92 Å². The van der Waals surface area contributed by atoms with Gasteiger partial charge in [0, 0.05) is 11.1 Å². The molecule has 148 valence electrons. The highest BCUT2D eigenvalue weighted by molar-refractivity contribution is 7.15. The van der Waals surface area contributed by atoms with Crippen LogP contribution < -0.4 is 10.1 Å². The van der Waals surface area contributed by atoms with E-state index in [2.05, 4.69) is 4.98 Å². The topological polar surface area (TPSA) is 84.8 Å². The third-order valence-corrected chi connectivity index (χ3v) is 6.09. The molecule has 0 unspecified atom stereocenters. The normalized spacial score (nSPS) is 12.3. The maximum absolute atomic E-state index is 12.9. The summed E-state index contributed by atoms with van der Waals surface area (Å²) in [4.78, 5) is 29.4. The highest BCUT2D eigenvalue weighted by Gasteiger charge is 2.14. The monoisotopic (exact) mass is 436 g/mol. The molecule has 0 saturated carbocycles. The van der Waals surface area contributed by atoms with Crippen molar-refractivity contribution in [3.63, 3.8) is 0 Å². The molecule has 0 amide bonds. The van der Waals surface area contributed by atoms with Gasteiger partial charge in [0.15, 0.2) is 4.96 Å². The van der Waals surface area contributed by atoms with E-state index in [9.17, 15) is 14.7 Å². The Morgan fingerprint density at radius 2 is 2.07 bits per heavy atom. The molecule has 0 aliphatic carbocycles. The van der Waals surface area contributed by atoms with Crippen LogP contribution in [0.1, 0.15) is 21.5 Å². The van der Waals surface area contributed by atoms with Crippen LogP contribution in [0.25, 0.3) is 33.4 Å². The van der Waals surface area contributed by atoms with E-state index in [0.29, 0.717) is 26.4 Å². The number of furan rings is 1. The Morgan fingerprint density at radius 3 is 2.87 bits per heavy atom. The van der Waals surface area contributed by atoms with Gasteiger partial charge in [0.2, 0.25) is 0 Å². The Morgan fingerprint density at radius 1 is 1.23 bits per heavy atom. The minimum Gasteiger partial charge on any atom is -0.478 e. The fraction of sp³-hybridized carbons (Fsp3) is 0.0455. The quantitative estimate of drug-likeness (QED) is 0.453. The van der Waals surface area contributed by atoms with E-state index in [1.165, 1.54) is 29.7 Å². The van der Waals surface area contributed by atoms with Crippen molar-refractivity contribution in [2.75, 3.05) is 0 Å². The zero-order chi connectivity index (χ0) is 21.0. The summed E-state index contributed by atoms with van der Waals surface area (Å²) in [6, 6.07) is 12.2. The molecular formula is C22H13ClN2O4S. The molecule has 0 radical (unpaired) electrons. The smallest absolute Gasteiger partial charge is 0.337 e. The van der Waals surface area contributed by atoms with Gasteiger partial charge in [-0.05, 0) is 55.0 Å². The fourth-order valence-electron chi connectivity index (χ4n) is 3.34. The summed E-state index contributed by atoms with van der Waals surface area (Å²) in [5, 5.41) is 9.40. The Bertz CT molecular complexity index is 1580. The Kier molecular flexibility index (Phi) is 4.23. The molecule has 0 saturated heterocycles. The number of rotatable bonds is 3. The van der Waals surface area contributed by atoms with Gasteiger partial charge in [0.1, 0.15) is 5.76 Å². The van der Waals surface area contributed by atoms with Gasteiger partial charge in [-0.1, -0.05) is 29.0 Å². The van der Waals surface area contributed by atoms with Crippen molar-refractivity contribution in [1.82, 2.24) is 9.38 Å². The number of thiazole rings is 1. The largest absolute Gasteiger partial charge is 0.478 e. The SMILES string of the molecule is Cc1ccc2nc3sc(=Cc4coc(-c5ccc(Cl)c(C(=O)O)c5)c4)c(=O)n3c2c1. The van der Waals surface area contributed by atoms with Crippen LogP contribution in [0.15, 0.2) is 57.9 Å². The van der Waals surface area contributed by atoms with Crippen LogP contribution in [0.3, 0.4) is 0 Å². The van der Waals surface area contributed by atoms with E-state index >= 15 is 0 Å². The summed E-state index contributed by atoms with van der Waals surface area (Å²) >= 11 is 7.24. The lowest BCUT2D eigenvalue weighted by Gasteiger charge is -2.01. The molecule has 3 heterocycles. The van der Waals surface area contributed by atoms with Gasteiger partial charge in [-0.2, -0.15) is 0 Å². The summed E-state index contributed by atoms with van der Waals surface area (Å²) in [6.07, 6.45) is 3.26. The number of imidazole rings is 1. The molecule has 0 bridgehead atoms. The predicted octanol–water partition coefficient (Wildman–Crippen LogP) is 4.38. The Labute approximate surface area is 178 Å². The van der Waals surface area contributed by atoms with Crippen LogP contribution in [-0.4, -0.2) is 20.5 Å². The molecule has 6 nitrogen and oxygen atoms in total.